The number of aliphatic imine (C=N–C) groups is 1. The maximum atomic E-state index is 12.0. The maximum absolute atomic E-state index is 12.0. The lowest BCUT2D eigenvalue weighted by atomic mass is 9.89. The molecule has 3 nitrogen and oxygen atoms in total. The first-order chi connectivity index (χ1) is 8.53. The minimum Gasteiger partial charge on any atom is -0.356 e. The molecule has 0 radical (unpaired) electrons. The Morgan fingerprint density at radius 3 is 2.10 bits per heavy atom. The maximum Gasteiger partial charge on any atom is 0.390 e. The van der Waals surface area contributed by atoms with E-state index in [1.807, 2.05) is 6.92 Å². The molecule has 122 valence electrons. The second kappa shape index (κ2) is 9.68. The van der Waals surface area contributed by atoms with Gasteiger partial charge in [0, 0.05) is 19.6 Å². The van der Waals surface area contributed by atoms with Gasteiger partial charge >= 0.3 is 6.18 Å². The molecule has 0 aliphatic carbocycles. The number of halogens is 4. The summed E-state index contributed by atoms with van der Waals surface area (Å²) in [4.78, 5) is 3.92. The summed E-state index contributed by atoms with van der Waals surface area (Å²) < 4.78 is 36.1. The SMILES string of the molecule is CN=C(NCCC(F)(F)F)NC(C)CCC(C)(C)C.I. The number of hydrogen-bond donors (Lipinski definition) is 2. The Morgan fingerprint density at radius 1 is 1.15 bits per heavy atom. The van der Waals surface area contributed by atoms with E-state index in [9.17, 15) is 13.2 Å². The molecule has 0 aromatic carbocycles. The summed E-state index contributed by atoms with van der Waals surface area (Å²) in [6.45, 7) is 8.33. The average molecular weight is 409 g/mol. The van der Waals surface area contributed by atoms with Crippen molar-refractivity contribution < 1.29 is 13.2 Å². The van der Waals surface area contributed by atoms with Crippen LogP contribution in [0.1, 0.15) is 47.0 Å². The Hall–Kier alpha value is -0.210. The Labute approximate surface area is 137 Å². The van der Waals surface area contributed by atoms with Crippen molar-refractivity contribution in [2.45, 2.75) is 59.2 Å². The topological polar surface area (TPSA) is 36.4 Å². The fourth-order valence-corrected chi connectivity index (χ4v) is 1.47. The summed E-state index contributed by atoms with van der Waals surface area (Å²) in [5.41, 5.74) is 0.253. The van der Waals surface area contributed by atoms with Crippen molar-refractivity contribution in [3.63, 3.8) is 0 Å². The zero-order valence-electron chi connectivity index (χ0n) is 12.9. The molecule has 0 aromatic heterocycles. The van der Waals surface area contributed by atoms with Gasteiger partial charge in [-0.3, -0.25) is 4.99 Å². The molecule has 0 rings (SSSR count). The molecule has 20 heavy (non-hydrogen) atoms. The summed E-state index contributed by atoms with van der Waals surface area (Å²) >= 11 is 0. The lowest BCUT2D eigenvalue weighted by Gasteiger charge is -2.23. The Balaban J connectivity index is 0. The number of hydrogen-bond acceptors (Lipinski definition) is 1. The van der Waals surface area contributed by atoms with Gasteiger partial charge in [-0.05, 0) is 25.2 Å². The van der Waals surface area contributed by atoms with E-state index in [2.05, 4.69) is 36.4 Å². The normalized spacial score (nSPS) is 14.5. The monoisotopic (exact) mass is 409 g/mol. The van der Waals surface area contributed by atoms with Crippen molar-refractivity contribution in [2.24, 2.45) is 10.4 Å². The van der Waals surface area contributed by atoms with E-state index in [-0.39, 0.29) is 42.0 Å². The van der Waals surface area contributed by atoms with Gasteiger partial charge in [0.1, 0.15) is 0 Å². The third kappa shape index (κ3) is 14.2. The lowest BCUT2D eigenvalue weighted by molar-refractivity contribution is -0.132. The number of rotatable bonds is 5. The van der Waals surface area contributed by atoms with Crippen LogP contribution in [0.25, 0.3) is 0 Å². The molecule has 0 heterocycles. The molecule has 0 saturated heterocycles. The van der Waals surface area contributed by atoms with Gasteiger partial charge in [0.05, 0.1) is 6.42 Å². The summed E-state index contributed by atoms with van der Waals surface area (Å²) in [5, 5.41) is 5.77. The van der Waals surface area contributed by atoms with Crippen LogP contribution in [0.2, 0.25) is 0 Å². The molecule has 0 fully saturated rings. The fourth-order valence-electron chi connectivity index (χ4n) is 1.47. The van der Waals surface area contributed by atoms with E-state index in [4.69, 9.17) is 0 Å². The van der Waals surface area contributed by atoms with E-state index in [0.717, 1.165) is 12.8 Å². The standard InChI is InChI=1S/C13H26F3N3.HI/c1-10(6-7-12(2,3)4)19-11(17-5)18-9-8-13(14,15)16;/h10H,6-9H2,1-5H3,(H2,17,18,19);1H. The van der Waals surface area contributed by atoms with Gasteiger partial charge in [0.2, 0.25) is 0 Å². The van der Waals surface area contributed by atoms with Crippen LogP contribution in [0.4, 0.5) is 13.2 Å². The number of alkyl halides is 3. The Morgan fingerprint density at radius 2 is 1.70 bits per heavy atom. The van der Waals surface area contributed by atoms with Crippen molar-refractivity contribution in [2.75, 3.05) is 13.6 Å². The first kappa shape index (κ1) is 22.1. The van der Waals surface area contributed by atoms with E-state index >= 15 is 0 Å². The molecule has 0 bridgehead atoms. The van der Waals surface area contributed by atoms with E-state index in [1.54, 1.807) is 7.05 Å². The van der Waals surface area contributed by atoms with Crippen molar-refractivity contribution in [1.82, 2.24) is 10.6 Å². The Bertz CT molecular complexity index is 286. The van der Waals surface area contributed by atoms with E-state index in [0.29, 0.717) is 5.96 Å². The molecule has 0 aliphatic heterocycles. The highest BCUT2D eigenvalue weighted by molar-refractivity contribution is 14.0. The molecule has 0 saturated carbocycles. The lowest BCUT2D eigenvalue weighted by Crippen LogP contribution is -2.43. The van der Waals surface area contributed by atoms with Gasteiger partial charge in [-0.2, -0.15) is 13.2 Å². The highest BCUT2D eigenvalue weighted by atomic mass is 127. The van der Waals surface area contributed by atoms with Gasteiger partial charge in [-0.25, -0.2) is 0 Å². The van der Waals surface area contributed by atoms with Crippen molar-refractivity contribution >= 4 is 29.9 Å². The zero-order chi connectivity index (χ0) is 15.1. The average Bonchev–Trinajstić information content (AvgIpc) is 2.22. The molecule has 0 spiro atoms. The first-order valence-corrected chi connectivity index (χ1v) is 6.57. The van der Waals surface area contributed by atoms with Gasteiger partial charge < -0.3 is 10.6 Å². The van der Waals surface area contributed by atoms with Crippen LogP contribution in [-0.2, 0) is 0 Å². The molecule has 1 atom stereocenters. The molecule has 0 amide bonds. The second-order valence-electron chi connectivity index (χ2n) is 6.01. The number of nitrogens with one attached hydrogen (secondary N) is 2. The summed E-state index contributed by atoms with van der Waals surface area (Å²) in [7, 11) is 1.55. The van der Waals surface area contributed by atoms with Crippen molar-refractivity contribution in [1.29, 1.82) is 0 Å². The fraction of sp³-hybridized carbons (Fsp3) is 0.923. The second-order valence-corrected chi connectivity index (χ2v) is 6.01. The van der Waals surface area contributed by atoms with Crippen LogP contribution in [-0.4, -0.2) is 31.8 Å². The van der Waals surface area contributed by atoms with Crippen LogP contribution >= 0.6 is 24.0 Å². The van der Waals surface area contributed by atoms with E-state index < -0.39 is 12.6 Å². The van der Waals surface area contributed by atoms with Crippen LogP contribution in [0.5, 0.6) is 0 Å². The van der Waals surface area contributed by atoms with Gasteiger partial charge in [-0.15, -0.1) is 24.0 Å². The minimum atomic E-state index is -4.14. The predicted octanol–water partition coefficient (Wildman–Crippen LogP) is 3.94. The minimum absolute atomic E-state index is 0. The zero-order valence-corrected chi connectivity index (χ0v) is 15.2. The molecule has 0 aliphatic rings. The van der Waals surface area contributed by atoms with Crippen LogP contribution in [0, 0.1) is 5.41 Å². The largest absolute Gasteiger partial charge is 0.390 e. The molecule has 0 aromatic rings. The van der Waals surface area contributed by atoms with Crippen LogP contribution in [0.3, 0.4) is 0 Å². The quantitative estimate of drug-likeness (QED) is 0.410. The highest BCUT2D eigenvalue weighted by Gasteiger charge is 2.26. The van der Waals surface area contributed by atoms with Gasteiger partial charge in [0.15, 0.2) is 5.96 Å². The third-order valence-corrected chi connectivity index (χ3v) is 2.63. The Kier molecular flexibility index (Phi) is 10.7. The summed E-state index contributed by atoms with van der Waals surface area (Å²) in [6, 6.07) is 0.177. The molecule has 2 N–H and O–H groups in total. The van der Waals surface area contributed by atoms with Crippen LogP contribution in [0.15, 0.2) is 4.99 Å². The molecule has 7 heteroatoms. The van der Waals surface area contributed by atoms with Gasteiger partial charge in [0.25, 0.3) is 0 Å². The first-order valence-electron chi connectivity index (χ1n) is 6.57. The number of nitrogens with zero attached hydrogens (tertiary/aromatic N) is 1. The van der Waals surface area contributed by atoms with E-state index in [1.165, 1.54) is 0 Å². The van der Waals surface area contributed by atoms with Crippen molar-refractivity contribution in [3.8, 4) is 0 Å². The van der Waals surface area contributed by atoms with Gasteiger partial charge in [-0.1, -0.05) is 20.8 Å². The third-order valence-electron chi connectivity index (χ3n) is 2.63. The molecular weight excluding hydrogens is 382 g/mol. The molecular formula is C13H27F3IN3. The van der Waals surface area contributed by atoms with Crippen LogP contribution < -0.4 is 10.6 Å². The number of guanidine groups is 1. The smallest absolute Gasteiger partial charge is 0.356 e. The predicted molar refractivity (Wildman–Crippen MR) is 88.7 cm³/mol. The summed E-state index contributed by atoms with van der Waals surface area (Å²) in [5.74, 6) is 0.422. The van der Waals surface area contributed by atoms with Crippen molar-refractivity contribution in [3.05, 3.63) is 0 Å². The highest BCUT2D eigenvalue weighted by Crippen LogP contribution is 2.21. The summed E-state index contributed by atoms with van der Waals surface area (Å²) in [6.07, 6.45) is -3.00. The molecule has 1 unspecified atom stereocenters.